The molecular weight excluding hydrogens is 398 g/mol. The molecule has 2 heterocycles. The molecule has 0 bridgehead atoms. The molecular formula is C23H17N3OS2. The van der Waals surface area contributed by atoms with E-state index >= 15 is 0 Å². The largest absolute Gasteiger partial charge is 0.278 e. The van der Waals surface area contributed by atoms with Crippen LogP contribution in [0.5, 0.6) is 0 Å². The molecule has 1 amide bonds. The predicted molar refractivity (Wildman–Crippen MR) is 116 cm³/mol. The zero-order chi connectivity index (χ0) is 19.8. The fourth-order valence-electron chi connectivity index (χ4n) is 3.81. The van der Waals surface area contributed by atoms with Gasteiger partial charge in [-0.25, -0.2) is 4.98 Å². The molecule has 2 aliphatic rings. The number of fused-ring (bicyclic) bond motifs is 3. The molecule has 5 rings (SSSR count). The first-order valence-electron chi connectivity index (χ1n) is 9.49. The number of amides is 1. The van der Waals surface area contributed by atoms with Crippen LogP contribution in [0.2, 0.25) is 0 Å². The molecule has 142 valence electrons. The molecule has 0 saturated heterocycles. The lowest BCUT2D eigenvalue weighted by molar-refractivity contribution is -0.115. The lowest BCUT2D eigenvalue weighted by Crippen LogP contribution is -2.30. The number of carbonyl (C=O) groups excluding carboxylic acids is 1. The number of rotatable bonds is 3. The first kappa shape index (κ1) is 18.3. The number of hydrogen-bond acceptors (Lipinski definition) is 5. The molecule has 1 aliphatic carbocycles. The van der Waals surface area contributed by atoms with Crippen LogP contribution in [-0.4, -0.2) is 16.6 Å². The summed E-state index contributed by atoms with van der Waals surface area (Å²) in [6, 6.07) is 20.1. The van der Waals surface area contributed by atoms with Gasteiger partial charge in [0.25, 0.3) is 0 Å². The van der Waals surface area contributed by atoms with Crippen LogP contribution in [0.15, 0.2) is 69.4 Å². The Morgan fingerprint density at radius 2 is 1.79 bits per heavy atom. The van der Waals surface area contributed by atoms with Crippen LogP contribution in [0.25, 0.3) is 0 Å². The van der Waals surface area contributed by atoms with Crippen molar-refractivity contribution in [1.82, 2.24) is 4.98 Å². The normalized spacial score (nSPS) is 14.0. The van der Waals surface area contributed by atoms with Crippen molar-refractivity contribution in [3.05, 3.63) is 71.4 Å². The van der Waals surface area contributed by atoms with Gasteiger partial charge >= 0.3 is 0 Å². The molecule has 0 atom stereocenters. The maximum absolute atomic E-state index is 13.3. The summed E-state index contributed by atoms with van der Waals surface area (Å²) in [4.78, 5) is 21.9. The molecule has 0 N–H and O–H groups in total. The third-order valence-corrected chi connectivity index (χ3v) is 7.26. The second kappa shape index (κ2) is 7.58. The monoisotopic (exact) mass is 415 g/mol. The first-order valence-corrected chi connectivity index (χ1v) is 11.3. The Balaban J connectivity index is 1.45. The molecule has 2 aromatic carbocycles. The van der Waals surface area contributed by atoms with E-state index in [4.69, 9.17) is 4.98 Å². The second-order valence-corrected chi connectivity index (χ2v) is 9.02. The van der Waals surface area contributed by atoms with E-state index in [0.29, 0.717) is 10.6 Å². The average Bonchev–Trinajstić information content (AvgIpc) is 3.22. The number of aryl methyl sites for hydroxylation is 2. The van der Waals surface area contributed by atoms with Gasteiger partial charge in [0.05, 0.1) is 22.7 Å². The number of nitriles is 1. The minimum absolute atomic E-state index is 0.0126. The molecule has 1 aromatic heterocycles. The third-order valence-electron chi connectivity index (χ3n) is 5.15. The number of anilines is 2. The number of pyridine rings is 1. The van der Waals surface area contributed by atoms with Gasteiger partial charge < -0.3 is 0 Å². The summed E-state index contributed by atoms with van der Waals surface area (Å²) in [5.74, 6) is 0.217. The highest BCUT2D eigenvalue weighted by molar-refractivity contribution is 8.00. The second-order valence-electron chi connectivity index (χ2n) is 6.97. The van der Waals surface area contributed by atoms with Crippen molar-refractivity contribution in [3.63, 3.8) is 0 Å². The number of carbonyl (C=O) groups is 1. The van der Waals surface area contributed by atoms with E-state index in [9.17, 15) is 10.1 Å². The molecule has 1 aliphatic heterocycles. The number of aromatic nitrogens is 1. The SMILES string of the molecule is N#Cc1cc2c(nc1SCC(=O)N1c3ccccc3Sc3ccccc31)CCC2. The maximum atomic E-state index is 13.3. The summed E-state index contributed by atoms with van der Waals surface area (Å²) in [5.41, 5.74) is 4.63. The van der Waals surface area contributed by atoms with Gasteiger partial charge in [0.1, 0.15) is 11.1 Å². The van der Waals surface area contributed by atoms with Gasteiger partial charge in [0.15, 0.2) is 0 Å². The standard InChI is InChI=1S/C23H17N3OS2/c24-13-16-12-15-6-5-7-17(15)25-23(16)28-14-22(27)26-18-8-1-3-10-20(18)29-21-11-4-2-9-19(21)26/h1-4,8-12H,5-7,14H2. The van der Waals surface area contributed by atoms with Crippen LogP contribution in [0.1, 0.15) is 23.2 Å². The Labute approximate surface area is 178 Å². The molecule has 0 unspecified atom stereocenters. The summed E-state index contributed by atoms with van der Waals surface area (Å²) < 4.78 is 0. The van der Waals surface area contributed by atoms with Crippen molar-refractivity contribution >= 4 is 40.8 Å². The fraction of sp³-hybridized carbons (Fsp3) is 0.174. The highest BCUT2D eigenvalue weighted by atomic mass is 32.2. The first-order chi connectivity index (χ1) is 14.2. The van der Waals surface area contributed by atoms with Crippen molar-refractivity contribution in [2.45, 2.75) is 34.1 Å². The van der Waals surface area contributed by atoms with Gasteiger partial charge in [-0.05, 0) is 55.2 Å². The van der Waals surface area contributed by atoms with Gasteiger partial charge in [-0.3, -0.25) is 9.69 Å². The van der Waals surface area contributed by atoms with Gasteiger partial charge in [0, 0.05) is 15.5 Å². The van der Waals surface area contributed by atoms with Crippen molar-refractivity contribution in [2.24, 2.45) is 0 Å². The van der Waals surface area contributed by atoms with Gasteiger partial charge in [-0.1, -0.05) is 47.8 Å². The van der Waals surface area contributed by atoms with E-state index < -0.39 is 0 Å². The summed E-state index contributed by atoms with van der Waals surface area (Å²) in [7, 11) is 0. The van der Waals surface area contributed by atoms with Gasteiger partial charge in [0.2, 0.25) is 5.91 Å². The minimum atomic E-state index is -0.0126. The fourth-order valence-corrected chi connectivity index (χ4v) is 5.69. The lowest BCUT2D eigenvalue weighted by Gasteiger charge is -2.31. The summed E-state index contributed by atoms with van der Waals surface area (Å²) in [6.07, 6.45) is 3.02. The Morgan fingerprint density at radius 3 is 2.48 bits per heavy atom. The highest BCUT2D eigenvalue weighted by Crippen LogP contribution is 2.48. The van der Waals surface area contributed by atoms with Crippen LogP contribution in [-0.2, 0) is 17.6 Å². The number of thioether (sulfide) groups is 1. The Hall–Kier alpha value is -2.75. The zero-order valence-electron chi connectivity index (χ0n) is 15.6. The molecule has 3 aromatic rings. The summed E-state index contributed by atoms with van der Waals surface area (Å²) >= 11 is 3.04. The number of benzene rings is 2. The topological polar surface area (TPSA) is 57.0 Å². The van der Waals surface area contributed by atoms with E-state index in [-0.39, 0.29) is 11.7 Å². The lowest BCUT2D eigenvalue weighted by atomic mass is 10.2. The molecule has 29 heavy (non-hydrogen) atoms. The van der Waals surface area contributed by atoms with Gasteiger partial charge in [-0.2, -0.15) is 5.26 Å². The van der Waals surface area contributed by atoms with E-state index in [2.05, 4.69) is 6.07 Å². The molecule has 6 heteroatoms. The quantitative estimate of drug-likeness (QED) is 0.539. The Bertz CT molecular complexity index is 1120. The van der Waals surface area contributed by atoms with Crippen LogP contribution in [0, 0.1) is 11.3 Å². The molecule has 4 nitrogen and oxygen atoms in total. The van der Waals surface area contributed by atoms with Crippen molar-refractivity contribution in [2.75, 3.05) is 10.7 Å². The highest BCUT2D eigenvalue weighted by Gasteiger charge is 2.28. The van der Waals surface area contributed by atoms with Crippen LogP contribution >= 0.6 is 23.5 Å². The van der Waals surface area contributed by atoms with Crippen molar-refractivity contribution in [1.29, 1.82) is 5.26 Å². The zero-order valence-corrected chi connectivity index (χ0v) is 17.2. The molecule has 0 fully saturated rings. The number of para-hydroxylation sites is 2. The Kier molecular flexibility index (Phi) is 4.78. The minimum Gasteiger partial charge on any atom is -0.278 e. The third kappa shape index (κ3) is 3.31. The van der Waals surface area contributed by atoms with E-state index in [0.717, 1.165) is 46.1 Å². The van der Waals surface area contributed by atoms with E-state index in [1.54, 1.807) is 16.7 Å². The van der Waals surface area contributed by atoms with Crippen LogP contribution < -0.4 is 4.90 Å². The Morgan fingerprint density at radius 1 is 1.10 bits per heavy atom. The average molecular weight is 416 g/mol. The predicted octanol–water partition coefficient (Wildman–Crippen LogP) is 5.36. The molecule has 0 spiro atoms. The van der Waals surface area contributed by atoms with Crippen molar-refractivity contribution in [3.8, 4) is 6.07 Å². The molecule has 0 radical (unpaired) electrons. The summed E-state index contributed by atoms with van der Waals surface area (Å²) in [5, 5.41) is 10.2. The number of hydrogen-bond donors (Lipinski definition) is 0. The van der Waals surface area contributed by atoms with E-state index in [1.165, 1.54) is 17.3 Å². The molecule has 0 saturated carbocycles. The van der Waals surface area contributed by atoms with Crippen LogP contribution in [0.3, 0.4) is 0 Å². The number of nitrogens with zero attached hydrogens (tertiary/aromatic N) is 3. The maximum Gasteiger partial charge on any atom is 0.242 e. The van der Waals surface area contributed by atoms with E-state index in [1.807, 2.05) is 54.6 Å². The van der Waals surface area contributed by atoms with Crippen LogP contribution in [0.4, 0.5) is 11.4 Å². The smallest absolute Gasteiger partial charge is 0.242 e. The van der Waals surface area contributed by atoms with Gasteiger partial charge in [-0.15, -0.1) is 0 Å². The summed E-state index contributed by atoms with van der Waals surface area (Å²) in [6.45, 7) is 0. The van der Waals surface area contributed by atoms with Crippen molar-refractivity contribution < 1.29 is 4.79 Å².